The lowest BCUT2D eigenvalue weighted by Gasteiger charge is -2.29. The smallest absolute Gasteiger partial charge is 0.319 e. The highest BCUT2D eigenvalue weighted by Gasteiger charge is 2.32. The zero-order valence-corrected chi connectivity index (χ0v) is 16.6. The van der Waals surface area contributed by atoms with Crippen LogP contribution in [-0.2, 0) is 4.79 Å². The number of hydrogen-bond acceptors (Lipinski definition) is 3. The highest BCUT2D eigenvalue weighted by Crippen LogP contribution is 2.32. The van der Waals surface area contributed by atoms with E-state index in [0.717, 1.165) is 15.8 Å². The molecule has 1 aliphatic heterocycles. The van der Waals surface area contributed by atoms with Gasteiger partial charge in [0.05, 0.1) is 18.2 Å². The molecule has 3 amide bonds. The van der Waals surface area contributed by atoms with Gasteiger partial charge in [-0.3, -0.25) is 4.79 Å². The molecule has 0 saturated heterocycles. The predicted molar refractivity (Wildman–Crippen MR) is 107 cm³/mol. The number of nitrogens with one attached hydrogen (secondary N) is 3. The van der Waals surface area contributed by atoms with Gasteiger partial charge in [0.15, 0.2) is 0 Å². The number of carbonyl (C=O) groups is 2. The Bertz CT molecular complexity index is 894. The van der Waals surface area contributed by atoms with E-state index >= 15 is 0 Å². The Kier molecular flexibility index (Phi) is 5.81. The van der Waals surface area contributed by atoms with Crippen LogP contribution < -0.4 is 20.7 Å². The van der Waals surface area contributed by atoms with Crippen molar-refractivity contribution in [3.05, 3.63) is 69.8 Å². The average Bonchev–Trinajstić information content (AvgIpc) is 2.63. The molecular formula is C20H20BrN3O3. The lowest BCUT2D eigenvalue weighted by Crippen LogP contribution is -2.46. The molecule has 0 aromatic heterocycles. The molecule has 2 aromatic rings. The fourth-order valence-electron chi connectivity index (χ4n) is 2.94. The number of halogens is 1. The fourth-order valence-corrected chi connectivity index (χ4v) is 3.45. The zero-order chi connectivity index (χ0) is 19.4. The molecule has 1 heterocycles. The van der Waals surface area contributed by atoms with Gasteiger partial charge in [0.2, 0.25) is 0 Å². The molecule has 140 valence electrons. The molecule has 6 nitrogen and oxygen atoms in total. The summed E-state index contributed by atoms with van der Waals surface area (Å²) in [6.07, 6.45) is 0. The maximum absolute atomic E-state index is 13.0. The highest BCUT2D eigenvalue weighted by molar-refractivity contribution is 9.10. The molecular weight excluding hydrogens is 410 g/mol. The summed E-state index contributed by atoms with van der Waals surface area (Å²) < 4.78 is 6.23. The number of urea groups is 1. The van der Waals surface area contributed by atoms with Crippen LogP contribution in [0.1, 0.15) is 25.5 Å². The average molecular weight is 430 g/mol. The van der Waals surface area contributed by atoms with E-state index in [1.165, 1.54) is 0 Å². The first kappa shape index (κ1) is 19.0. The Labute approximate surface area is 166 Å². The summed E-state index contributed by atoms with van der Waals surface area (Å²) in [6, 6.07) is 13.8. The minimum Gasteiger partial charge on any atom is -0.494 e. The first-order valence-electron chi connectivity index (χ1n) is 8.56. The van der Waals surface area contributed by atoms with Crippen LogP contribution in [0.3, 0.4) is 0 Å². The molecule has 0 saturated carbocycles. The molecule has 1 aliphatic rings. The third-order valence-corrected chi connectivity index (χ3v) is 4.88. The van der Waals surface area contributed by atoms with Crippen LogP contribution >= 0.6 is 15.9 Å². The van der Waals surface area contributed by atoms with Crippen molar-refractivity contribution < 1.29 is 14.3 Å². The van der Waals surface area contributed by atoms with E-state index in [2.05, 4.69) is 31.9 Å². The molecule has 0 bridgehead atoms. The summed E-state index contributed by atoms with van der Waals surface area (Å²) in [5, 5.41) is 8.39. The molecule has 0 fully saturated rings. The minimum absolute atomic E-state index is 0.287. The number of hydrogen-bond donors (Lipinski definition) is 3. The number of benzene rings is 2. The first-order valence-corrected chi connectivity index (χ1v) is 9.35. The Hall–Kier alpha value is -2.80. The number of allylic oxidation sites excluding steroid dienone is 1. The van der Waals surface area contributed by atoms with E-state index in [4.69, 9.17) is 4.74 Å². The highest BCUT2D eigenvalue weighted by atomic mass is 79.9. The van der Waals surface area contributed by atoms with Gasteiger partial charge in [0.25, 0.3) is 5.91 Å². The zero-order valence-electron chi connectivity index (χ0n) is 15.0. The maximum atomic E-state index is 13.0. The number of rotatable bonds is 5. The summed E-state index contributed by atoms with van der Waals surface area (Å²) in [4.78, 5) is 25.0. The van der Waals surface area contributed by atoms with Crippen LogP contribution in [0.2, 0.25) is 0 Å². The van der Waals surface area contributed by atoms with E-state index in [-0.39, 0.29) is 11.9 Å². The van der Waals surface area contributed by atoms with E-state index in [1.807, 2.05) is 31.2 Å². The normalized spacial score (nSPS) is 16.4. The van der Waals surface area contributed by atoms with Crippen molar-refractivity contribution in [2.45, 2.75) is 19.9 Å². The Morgan fingerprint density at radius 3 is 2.56 bits per heavy atom. The Morgan fingerprint density at radius 1 is 1.19 bits per heavy atom. The van der Waals surface area contributed by atoms with E-state index < -0.39 is 6.04 Å². The molecule has 0 spiro atoms. The fraction of sp³-hybridized carbons (Fsp3) is 0.200. The standard InChI is InChI=1S/C20H20BrN3O3/c1-3-27-14-10-8-13(9-11-14)23-19(25)17-12(2)22-20(26)24-18(17)15-6-4-5-7-16(15)21/h4-11,18H,3H2,1-2H3,(H,23,25)(H2,22,24,26). The second kappa shape index (κ2) is 8.26. The largest absolute Gasteiger partial charge is 0.494 e. The van der Waals surface area contributed by atoms with Crippen LogP contribution in [0.5, 0.6) is 5.75 Å². The van der Waals surface area contributed by atoms with E-state index in [9.17, 15) is 9.59 Å². The number of amides is 3. The molecule has 0 radical (unpaired) electrons. The van der Waals surface area contributed by atoms with Crippen molar-refractivity contribution in [3.63, 3.8) is 0 Å². The predicted octanol–water partition coefficient (Wildman–Crippen LogP) is 4.11. The SMILES string of the molecule is CCOc1ccc(NC(=O)C2=C(C)NC(=O)NC2c2ccccc2Br)cc1. The van der Waals surface area contributed by atoms with Gasteiger partial charge >= 0.3 is 6.03 Å². The second-order valence-corrected chi connectivity index (χ2v) is 6.86. The van der Waals surface area contributed by atoms with Gasteiger partial charge in [-0.2, -0.15) is 0 Å². The number of carbonyl (C=O) groups excluding carboxylic acids is 2. The lowest BCUT2D eigenvalue weighted by atomic mass is 9.95. The van der Waals surface area contributed by atoms with Gasteiger partial charge in [-0.15, -0.1) is 0 Å². The summed E-state index contributed by atoms with van der Waals surface area (Å²) in [5.74, 6) is 0.452. The number of anilines is 1. The van der Waals surface area contributed by atoms with Crippen LogP contribution in [0, 0.1) is 0 Å². The molecule has 7 heteroatoms. The molecule has 2 aromatic carbocycles. The first-order chi connectivity index (χ1) is 13.0. The van der Waals surface area contributed by atoms with Gasteiger partial charge < -0.3 is 20.7 Å². The summed E-state index contributed by atoms with van der Waals surface area (Å²) in [6.45, 7) is 4.21. The quantitative estimate of drug-likeness (QED) is 0.668. The molecule has 27 heavy (non-hydrogen) atoms. The third-order valence-electron chi connectivity index (χ3n) is 4.15. The van der Waals surface area contributed by atoms with Gasteiger partial charge in [-0.25, -0.2) is 4.79 Å². The van der Waals surface area contributed by atoms with Crippen molar-refractivity contribution >= 4 is 33.6 Å². The second-order valence-electron chi connectivity index (χ2n) is 6.00. The monoisotopic (exact) mass is 429 g/mol. The molecule has 1 unspecified atom stereocenters. The Balaban J connectivity index is 1.88. The van der Waals surface area contributed by atoms with Gasteiger partial charge in [0, 0.05) is 15.9 Å². The van der Waals surface area contributed by atoms with Crippen LogP contribution in [-0.4, -0.2) is 18.5 Å². The summed E-state index contributed by atoms with van der Waals surface area (Å²) in [7, 11) is 0. The van der Waals surface area contributed by atoms with E-state index in [1.54, 1.807) is 31.2 Å². The topological polar surface area (TPSA) is 79.5 Å². The Morgan fingerprint density at radius 2 is 1.89 bits per heavy atom. The minimum atomic E-state index is -0.558. The summed E-state index contributed by atoms with van der Waals surface area (Å²) in [5.41, 5.74) is 2.42. The van der Waals surface area contributed by atoms with Crippen molar-refractivity contribution in [1.29, 1.82) is 0 Å². The lowest BCUT2D eigenvalue weighted by molar-refractivity contribution is -0.113. The number of ether oxygens (including phenoxy) is 1. The van der Waals surface area contributed by atoms with E-state index in [0.29, 0.717) is 23.6 Å². The van der Waals surface area contributed by atoms with Crippen molar-refractivity contribution in [2.75, 3.05) is 11.9 Å². The molecule has 3 N–H and O–H groups in total. The molecule has 0 aliphatic carbocycles. The van der Waals surface area contributed by atoms with Gasteiger partial charge in [0.1, 0.15) is 5.75 Å². The van der Waals surface area contributed by atoms with Crippen molar-refractivity contribution in [2.24, 2.45) is 0 Å². The van der Waals surface area contributed by atoms with Crippen LogP contribution in [0.15, 0.2) is 64.3 Å². The third kappa shape index (κ3) is 4.31. The molecule has 1 atom stereocenters. The maximum Gasteiger partial charge on any atom is 0.319 e. The van der Waals surface area contributed by atoms with Crippen LogP contribution in [0.25, 0.3) is 0 Å². The van der Waals surface area contributed by atoms with Crippen LogP contribution in [0.4, 0.5) is 10.5 Å². The summed E-state index contributed by atoms with van der Waals surface area (Å²) >= 11 is 3.50. The van der Waals surface area contributed by atoms with Gasteiger partial charge in [-0.05, 0) is 49.7 Å². The van der Waals surface area contributed by atoms with Crippen molar-refractivity contribution in [3.8, 4) is 5.75 Å². The van der Waals surface area contributed by atoms with Crippen molar-refractivity contribution in [1.82, 2.24) is 10.6 Å². The van der Waals surface area contributed by atoms with Gasteiger partial charge in [-0.1, -0.05) is 34.1 Å². The molecule has 3 rings (SSSR count).